The molecule has 166 valence electrons. The van der Waals surface area contributed by atoms with Crippen molar-refractivity contribution in [1.82, 2.24) is 0 Å². The summed E-state index contributed by atoms with van der Waals surface area (Å²) in [5.41, 5.74) is 2.16. The molecule has 0 saturated heterocycles. The van der Waals surface area contributed by atoms with Gasteiger partial charge in [-0.05, 0) is 36.4 Å². The average Bonchev–Trinajstić information content (AvgIpc) is 2.76. The van der Waals surface area contributed by atoms with E-state index in [4.69, 9.17) is 4.74 Å². The zero-order valence-corrected chi connectivity index (χ0v) is 17.4. The molecule has 0 heterocycles. The molecule has 11 nitrogen and oxygen atoms in total. The van der Waals surface area contributed by atoms with E-state index in [1.165, 1.54) is 43.5 Å². The fraction of sp³-hybridized carbons (Fsp3) is 0.0500. The van der Waals surface area contributed by atoms with Crippen LogP contribution in [0, 0.1) is 10.1 Å². The van der Waals surface area contributed by atoms with Crippen molar-refractivity contribution in [3.05, 3.63) is 76.3 Å². The minimum absolute atomic E-state index is 0.0814. The smallest absolute Gasteiger partial charge is 0.295 e. The Bertz CT molecular complexity index is 1290. The number of anilines is 2. The van der Waals surface area contributed by atoms with Crippen LogP contribution in [0.4, 0.5) is 17.1 Å². The first kappa shape index (κ1) is 22.4. The molecular formula is C20H18N4O7S. The number of benzene rings is 3. The summed E-state index contributed by atoms with van der Waals surface area (Å²) in [6.45, 7) is 0. The number of phenols is 2. The highest BCUT2D eigenvalue weighted by Gasteiger charge is 2.22. The summed E-state index contributed by atoms with van der Waals surface area (Å²) in [6.07, 6.45) is 1.15. The van der Waals surface area contributed by atoms with E-state index >= 15 is 0 Å². The normalized spacial score (nSPS) is 11.3. The minimum Gasteiger partial charge on any atom is -0.504 e. The molecule has 12 heteroatoms. The fourth-order valence-corrected chi connectivity index (χ4v) is 3.77. The van der Waals surface area contributed by atoms with Gasteiger partial charge in [-0.25, -0.2) is 8.42 Å². The second-order valence-electron chi connectivity index (χ2n) is 6.33. The molecule has 0 fully saturated rings. The van der Waals surface area contributed by atoms with Crippen LogP contribution in [-0.2, 0) is 10.0 Å². The van der Waals surface area contributed by atoms with E-state index in [0.29, 0.717) is 0 Å². The van der Waals surface area contributed by atoms with Gasteiger partial charge in [0.2, 0.25) is 0 Å². The first-order valence-electron chi connectivity index (χ1n) is 8.97. The lowest BCUT2D eigenvalue weighted by atomic mass is 10.2. The van der Waals surface area contributed by atoms with Gasteiger partial charge in [0.1, 0.15) is 11.4 Å². The lowest BCUT2D eigenvalue weighted by molar-refractivity contribution is -0.384. The number of ether oxygens (including phenoxy) is 1. The number of hydrogen-bond donors (Lipinski definition) is 4. The number of nitrogens with zero attached hydrogens (tertiary/aromatic N) is 2. The molecule has 3 rings (SSSR count). The molecule has 3 aromatic rings. The number of para-hydroxylation sites is 3. The van der Waals surface area contributed by atoms with Crippen LogP contribution in [0.3, 0.4) is 0 Å². The van der Waals surface area contributed by atoms with Gasteiger partial charge >= 0.3 is 0 Å². The number of nitro benzene ring substituents is 1. The SMILES string of the molecule is COc1ccccc1NS(=O)(=O)c1ccc(NN=Cc2cccc(O)c2O)c([N+](=O)[O-])c1. The maximum Gasteiger partial charge on any atom is 0.295 e. The van der Waals surface area contributed by atoms with Crippen molar-refractivity contribution in [3.63, 3.8) is 0 Å². The summed E-state index contributed by atoms with van der Waals surface area (Å²) in [5.74, 6) is -0.471. The number of sulfonamides is 1. The van der Waals surface area contributed by atoms with Gasteiger partial charge in [0.05, 0.1) is 28.8 Å². The van der Waals surface area contributed by atoms with Crippen LogP contribution in [0.1, 0.15) is 5.56 Å². The summed E-state index contributed by atoms with van der Waals surface area (Å²) >= 11 is 0. The Labute approximate surface area is 182 Å². The van der Waals surface area contributed by atoms with Gasteiger partial charge in [-0.2, -0.15) is 5.10 Å². The van der Waals surface area contributed by atoms with Gasteiger partial charge in [-0.15, -0.1) is 0 Å². The topological polar surface area (TPSA) is 163 Å². The Morgan fingerprint density at radius 1 is 1.06 bits per heavy atom. The minimum atomic E-state index is -4.15. The second-order valence-corrected chi connectivity index (χ2v) is 8.01. The van der Waals surface area contributed by atoms with Crippen LogP contribution in [0.25, 0.3) is 0 Å². The zero-order valence-electron chi connectivity index (χ0n) is 16.6. The molecule has 32 heavy (non-hydrogen) atoms. The molecule has 0 radical (unpaired) electrons. The molecule has 0 aromatic heterocycles. The maximum absolute atomic E-state index is 12.7. The van der Waals surface area contributed by atoms with Crippen LogP contribution >= 0.6 is 0 Å². The maximum atomic E-state index is 12.7. The predicted octanol–water partition coefficient (Wildman–Crippen LogP) is 3.26. The quantitative estimate of drug-likeness (QED) is 0.173. The van der Waals surface area contributed by atoms with Crippen molar-refractivity contribution in [1.29, 1.82) is 0 Å². The van der Waals surface area contributed by atoms with Crippen LogP contribution < -0.4 is 14.9 Å². The van der Waals surface area contributed by atoms with E-state index in [-0.39, 0.29) is 33.3 Å². The van der Waals surface area contributed by atoms with Crippen LogP contribution in [0.2, 0.25) is 0 Å². The highest BCUT2D eigenvalue weighted by atomic mass is 32.2. The standard InChI is InChI=1S/C20H18N4O7S/c1-31-19-8-3-2-6-16(19)23-32(29,30)14-9-10-15(17(11-14)24(27)28)22-21-12-13-5-4-7-18(25)20(13)26/h2-12,22-23,25-26H,1H3. The van der Waals surface area contributed by atoms with Crippen LogP contribution in [0.15, 0.2) is 70.7 Å². The molecule has 0 aliphatic heterocycles. The molecule has 0 bridgehead atoms. The van der Waals surface area contributed by atoms with E-state index < -0.39 is 26.4 Å². The van der Waals surface area contributed by atoms with Crippen LogP contribution in [-0.4, -0.2) is 36.9 Å². The van der Waals surface area contributed by atoms with Gasteiger partial charge in [0, 0.05) is 11.6 Å². The number of hydrogen-bond acceptors (Lipinski definition) is 9. The number of rotatable bonds is 8. The van der Waals surface area contributed by atoms with Gasteiger partial charge in [0.15, 0.2) is 11.5 Å². The highest BCUT2D eigenvalue weighted by Crippen LogP contribution is 2.31. The molecule has 0 unspecified atom stereocenters. The molecule has 3 aromatic carbocycles. The van der Waals surface area contributed by atoms with E-state index in [1.807, 2.05) is 0 Å². The summed E-state index contributed by atoms with van der Waals surface area (Å²) in [6, 6.07) is 13.8. The van der Waals surface area contributed by atoms with Gasteiger partial charge in [-0.1, -0.05) is 18.2 Å². The molecular weight excluding hydrogens is 440 g/mol. The van der Waals surface area contributed by atoms with Crippen molar-refractivity contribution in [2.45, 2.75) is 4.90 Å². The Morgan fingerprint density at radius 3 is 2.53 bits per heavy atom. The third kappa shape index (κ3) is 4.87. The van der Waals surface area contributed by atoms with Crippen molar-refractivity contribution in [2.75, 3.05) is 17.3 Å². The number of aromatic hydroxyl groups is 2. The Hall–Kier alpha value is -4.32. The lowest BCUT2D eigenvalue weighted by Gasteiger charge is -2.12. The molecule has 0 aliphatic carbocycles. The van der Waals surface area contributed by atoms with E-state index in [9.17, 15) is 28.7 Å². The monoisotopic (exact) mass is 458 g/mol. The molecule has 0 saturated carbocycles. The predicted molar refractivity (Wildman–Crippen MR) is 118 cm³/mol. The van der Waals surface area contributed by atoms with E-state index in [1.54, 1.807) is 18.2 Å². The highest BCUT2D eigenvalue weighted by molar-refractivity contribution is 7.92. The van der Waals surface area contributed by atoms with E-state index in [0.717, 1.165) is 12.3 Å². The Balaban J connectivity index is 1.88. The first-order chi connectivity index (χ1) is 15.2. The largest absolute Gasteiger partial charge is 0.504 e. The third-order valence-corrected chi connectivity index (χ3v) is 5.63. The van der Waals surface area contributed by atoms with Crippen molar-refractivity contribution in [2.24, 2.45) is 5.10 Å². The van der Waals surface area contributed by atoms with Crippen molar-refractivity contribution in [3.8, 4) is 17.2 Å². The van der Waals surface area contributed by atoms with Gasteiger partial charge in [-0.3, -0.25) is 20.3 Å². The van der Waals surface area contributed by atoms with Gasteiger partial charge < -0.3 is 14.9 Å². The second kappa shape index (κ2) is 9.22. The first-order valence-corrected chi connectivity index (χ1v) is 10.5. The van der Waals surface area contributed by atoms with Crippen LogP contribution in [0.5, 0.6) is 17.2 Å². The van der Waals surface area contributed by atoms with Crippen molar-refractivity contribution < 1.29 is 28.3 Å². The number of methoxy groups -OCH3 is 1. The number of hydrazone groups is 1. The number of nitro groups is 1. The summed E-state index contributed by atoms with van der Waals surface area (Å²) in [7, 11) is -2.77. The zero-order chi connectivity index (χ0) is 23.3. The average molecular weight is 458 g/mol. The van der Waals surface area contributed by atoms with Gasteiger partial charge in [0.25, 0.3) is 15.7 Å². The Morgan fingerprint density at radius 2 is 1.81 bits per heavy atom. The van der Waals surface area contributed by atoms with Crippen molar-refractivity contribution >= 4 is 33.3 Å². The molecule has 4 N–H and O–H groups in total. The molecule has 0 atom stereocenters. The molecule has 0 spiro atoms. The lowest BCUT2D eigenvalue weighted by Crippen LogP contribution is -2.14. The summed E-state index contributed by atoms with van der Waals surface area (Å²) in [4.78, 5) is 10.4. The van der Waals surface area contributed by atoms with E-state index in [2.05, 4.69) is 15.2 Å². The molecule has 0 amide bonds. The third-order valence-electron chi connectivity index (χ3n) is 4.26. The Kier molecular flexibility index (Phi) is 6.45. The molecule has 0 aliphatic rings. The fourth-order valence-electron chi connectivity index (χ4n) is 2.68. The number of nitrogens with one attached hydrogen (secondary N) is 2. The summed E-state index contributed by atoms with van der Waals surface area (Å²) in [5, 5.41) is 34.6. The number of phenolic OH excluding ortho intramolecular Hbond substituents is 2. The summed E-state index contributed by atoms with van der Waals surface area (Å²) < 4.78 is 32.9.